The molecule has 103 valence electrons. The van der Waals surface area contributed by atoms with Gasteiger partial charge in [-0.15, -0.1) is 0 Å². The minimum absolute atomic E-state index is 0.223. The van der Waals surface area contributed by atoms with Gasteiger partial charge < -0.3 is 9.53 Å². The molecule has 2 heteroatoms. The predicted molar refractivity (Wildman–Crippen MR) is 80.3 cm³/mol. The second-order valence-corrected chi connectivity index (χ2v) is 4.65. The van der Waals surface area contributed by atoms with E-state index in [1.54, 1.807) is 0 Å². The molecule has 0 spiro atoms. The minimum atomic E-state index is -0.419. The van der Waals surface area contributed by atoms with Crippen molar-refractivity contribution < 1.29 is 9.53 Å². The molecule has 0 aliphatic heterocycles. The van der Waals surface area contributed by atoms with Crippen molar-refractivity contribution in [3.63, 3.8) is 0 Å². The monoisotopic (exact) mass is 267 g/mol. The zero-order valence-corrected chi connectivity index (χ0v) is 11.4. The lowest BCUT2D eigenvalue weighted by atomic mass is 10.0. The van der Waals surface area contributed by atoms with Crippen LogP contribution in [0.4, 0.5) is 0 Å². The van der Waals surface area contributed by atoms with Gasteiger partial charge in [-0.1, -0.05) is 74.0 Å². The molecule has 0 saturated carbocycles. The van der Waals surface area contributed by atoms with Gasteiger partial charge in [0, 0.05) is 0 Å². The molecule has 0 amide bonds. The third-order valence-corrected chi connectivity index (χ3v) is 3.16. The first-order valence-corrected chi connectivity index (χ1v) is 6.85. The number of aldehydes is 1. The summed E-state index contributed by atoms with van der Waals surface area (Å²) in [5.74, 6) is 0. The SMILES string of the molecule is [CH2]CCC(C=O)OC(c1ccccc1)c1ccccc1. The third-order valence-electron chi connectivity index (χ3n) is 3.16. The molecule has 2 aromatic carbocycles. The van der Waals surface area contributed by atoms with Gasteiger partial charge in [-0.2, -0.15) is 0 Å². The Morgan fingerprint density at radius 2 is 1.45 bits per heavy atom. The lowest BCUT2D eigenvalue weighted by Crippen LogP contribution is -2.19. The van der Waals surface area contributed by atoms with E-state index in [1.165, 1.54) is 0 Å². The highest BCUT2D eigenvalue weighted by Crippen LogP contribution is 2.27. The molecule has 0 aliphatic carbocycles. The van der Waals surface area contributed by atoms with Crippen LogP contribution in [0.3, 0.4) is 0 Å². The summed E-state index contributed by atoms with van der Waals surface area (Å²) in [6.07, 6.45) is 1.54. The molecule has 0 aliphatic rings. The molecule has 0 fully saturated rings. The quantitative estimate of drug-likeness (QED) is 0.709. The molecule has 0 saturated heterocycles. The summed E-state index contributed by atoms with van der Waals surface area (Å²) in [4.78, 5) is 11.1. The van der Waals surface area contributed by atoms with Crippen molar-refractivity contribution in [1.82, 2.24) is 0 Å². The Hall–Kier alpha value is -1.93. The standard InChI is InChI=1S/C18H19O2/c1-2-9-17(14-19)20-18(15-10-5-3-6-11-15)16-12-7-4-8-13-16/h3-8,10-14,17-18H,1-2,9H2. The first-order chi connectivity index (χ1) is 9.85. The molecule has 0 aromatic heterocycles. The van der Waals surface area contributed by atoms with Crippen molar-refractivity contribution in [1.29, 1.82) is 0 Å². The summed E-state index contributed by atoms with van der Waals surface area (Å²) in [5, 5.41) is 0. The fourth-order valence-corrected chi connectivity index (χ4v) is 2.15. The van der Waals surface area contributed by atoms with Crippen LogP contribution in [0.25, 0.3) is 0 Å². The third kappa shape index (κ3) is 3.78. The number of carbonyl (C=O) groups excluding carboxylic acids is 1. The summed E-state index contributed by atoms with van der Waals surface area (Å²) in [6.45, 7) is 3.79. The zero-order valence-electron chi connectivity index (χ0n) is 11.4. The zero-order chi connectivity index (χ0) is 14.2. The summed E-state index contributed by atoms with van der Waals surface area (Å²) in [5.41, 5.74) is 2.10. The lowest BCUT2D eigenvalue weighted by molar-refractivity contribution is -0.121. The van der Waals surface area contributed by atoms with Crippen LogP contribution < -0.4 is 0 Å². The van der Waals surface area contributed by atoms with Crippen LogP contribution in [0.2, 0.25) is 0 Å². The van der Waals surface area contributed by atoms with E-state index in [-0.39, 0.29) is 6.10 Å². The summed E-state index contributed by atoms with van der Waals surface area (Å²) in [7, 11) is 0. The van der Waals surface area contributed by atoms with Gasteiger partial charge in [-0.25, -0.2) is 0 Å². The van der Waals surface area contributed by atoms with Crippen molar-refractivity contribution in [2.24, 2.45) is 0 Å². The van der Waals surface area contributed by atoms with Crippen molar-refractivity contribution in [3.05, 3.63) is 78.7 Å². The van der Waals surface area contributed by atoms with Gasteiger partial charge in [-0.3, -0.25) is 0 Å². The van der Waals surface area contributed by atoms with Crippen LogP contribution >= 0.6 is 0 Å². The maximum atomic E-state index is 11.1. The Labute approximate surface area is 120 Å². The minimum Gasteiger partial charge on any atom is -0.358 e. The van der Waals surface area contributed by atoms with Crippen LogP contribution in [-0.4, -0.2) is 12.4 Å². The smallest absolute Gasteiger partial charge is 0.148 e. The topological polar surface area (TPSA) is 26.3 Å². The molecule has 0 N–H and O–H groups in total. The molecule has 0 bridgehead atoms. The van der Waals surface area contributed by atoms with Gasteiger partial charge in [0.05, 0.1) is 0 Å². The van der Waals surface area contributed by atoms with E-state index in [0.717, 1.165) is 17.4 Å². The fraction of sp³-hybridized carbons (Fsp3) is 0.222. The highest BCUT2D eigenvalue weighted by Gasteiger charge is 2.19. The van der Waals surface area contributed by atoms with Gasteiger partial charge in [0.2, 0.25) is 0 Å². The van der Waals surface area contributed by atoms with E-state index in [0.29, 0.717) is 12.8 Å². The number of hydrogen-bond acceptors (Lipinski definition) is 2. The molecule has 1 radical (unpaired) electrons. The largest absolute Gasteiger partial charge is 0.358 e. The van der Waals surface area contributed by atoms with Crippen molar-refractivity contribution in [2.45, 2.75) is 25.0 Å². The van der Waals surface area contributed by atoms with Gasteiger partial charge in [0.15, 0.2) is 0 Å². The Morgan fingerprint density at radius 3 is 1.85 bits per heavy atom. The Morgan fingerprint density at radius 1 is 0.950 bits per heavy atom. The first kappa shape index (κ1) is 14.5. The second kappa shape index (κ2) is 7.61. The Bertz CT molecular complexity index is 468. The molecule has 0 heterocycles. The van der Waals surface area contributed by atoms with Crippen LogP contribution in [0.1, 0.15) is 30.1 Å². The van der Waals surface area contributed by atoms with Crippen LogP contribution in [0.15, 0.2) is 60.7 Å². The number of carbonyl (C=O) groups is 1. The van der Waals surface area contributed by atoms with Crippen molar-refractivity contribution in [3.8, 4) is 0 Å². The second-order valence-electron chi connectivity index (χ2n) is 4.65. The Balaban J connectivity index is 2.27. The van der Waals surface area contributed by atoms with Crippen molar-refractivity contribution >= 4 is 6.29 Å². The highest BCUT2D eigenvalue weighted by atomic mass is 16.5. The predicted octanol–water partition coefficient (Wildman–Crippen LogP) is 3.97. The summed E-state index contributed by atoms with van der Waals surface area (Å²) < 4.78 is 6.00. The average molecular weight is 267 g/mol. The number of hydrogen-bond donors (Lipinski definition) is 0. The molecule has 1 atom stereocenters. The molecule has 20 heavy (non-hydrogen) atoms. The van der Waals surface area contributed by atoms with Crippen molar-refractivity contribution in [2.75, 3.05) is 0 Å². The summed E-state index contributed by atoms with van der Waals surface area (Å²) >= 11 is 0. The van der Waals surface area contributed by atoms with Gasteiger partial charge in [0.25, 0.3) is 0 Å². The maximum absolute atomic E-state index is 11.1. The van der Waals surface area contributed by atoms with E-state index in [1.807, 2.05) is 60.7 Å². The van der Waals surface area contributed by atoms with E-state index in [4.69, 9.17) is 4.74 Å². The molecule has 2 aromatic rings. The Kier molecular flexibility index (Phi) is 5.51. The number of rotatable bonds is 7. The number of benzene rings is 2. The van der Waals surface area contributed by atoms with Gasteiger partial charge in [0.1, 0.15) is 18.5 Å². The van der Waals surface area contributed by atoms with Crippen LogP contribution in [-0.2, 0) is 9.53 Å². The van der Waals surface area contributed by atoms with E-state index >= 15 is 0 Å². The normalized spacial score (nSPS) is 12.3. The van der Waals surface area contributed by atoms with Gasteiger partial charge in [-0.05, 0) is 17.5 Å². The van der Waals surface area contributed by atoms with Gasteiger partial charge >= 0.3 is 0 Å². The number of ether oxygens (including phenoxy) is 1. The molecular weight excluding hydrogens is 248 g/mol. The van der Waals surface area contributed by atoms with Crippen LogP contribution in [0.5, 0.6) is 0 Å². The maximum Gasteiger partial charge on any atom is 0.148 e. The molecule has 2 rings (SSSR count). The molecule has 1 unspecified atom stereocenters. The fourth-order valence-electron chi connectivity index (χ4n) is 2.15. The van der Waals surface area contributed by atoms with E-state index < -0.39 is 6.10 Å². The highest BCUT2D eigenvalue weighted by molar-refractivity contribution is 5.56. The summed E-state index contributed by atoms with van der Waals surface area (Å²) in [6, 6.07) is 19.9. The molecular formula is C18H19O2. The average Bonchev–Trinajstić information content (AvgIpc) is 2.53. The van der Waals surface area contributed by atoms with E-state index in [9.17, 15) is 4.79 Å². The first-order valence-electron chi connectivity index (χ1n) is 6.85. The lowest BCUT2D eigenvalue weighted by Gasteiger charge is -2.22. The van der Waals surface area contributed by atoms with Crippen LogP contribution in [0, 0.1) is 6.92 Å². The molecule has 2 nitrogen and oxygen atoms in total. The van der Waals surface area contributed by atoms with E-state index in [2.05, 4.69) is 6.92 Å².